The summed E-state index contributed by atoms with van der Waals surface area (Å²) in [5.74, 6) is -0.909. The molecule has 0 radical (unpaired) electrons. The van der Waals surface area contributed by atoms with Crippen molar-refractivity contribution in [2.75, 3.05) is 0 Å². The second-order valence-electron chi connectivity index (χ2n) is 9.52. The summed E-state index contributed by atoms with van der Waals surface area (Å²) in [5, 5.41) is 13.7. The fraction of sp³-hybridized carbons (Fsp3) is 0.0909. The lowest BCUT2D eigenvalue weighted by atomic mass is 10.0. The first-order chi connectivity index (χ1) is 21.2. The molecule has 190 valence electrons. The normalized spacial score (nSPS) is 14.6. The van der Waals surface area contributed by atoms with E-state index < -0.39 is 33.4 Å². The van der Waals surface area contributed by atoms with Gasteiger partial charge in [0, 0.05) is 30.8 Å². The fourth-order valence-corrected chi connectivity index (χ4v) is 9.02. The Bertz CT molecular complexity index is 2120. The highest BCUT2D eigenvalue weighted by molar-refractivity contribution is 7.11. The maximum absolute atomic E-state index is 14.6. The molecule has 0 saturated carbocycles. The molecule has 0 N–H and O–H groups in total. The van der Waals surface area contributed by atoms with Crippen LogP contribution >= 0.6 is 0 Å². The summed E-state index contributed by atoms with van der Waals surface area (Å²) in [7, 11) is -3.19. The zero-order valence-corrected chi connectivity index (χ0v) is 21.7. The molecule has 0 aliphatic rings. The molecule has 0 saturated heterocycles. The van der Waals surface area contributed by atoms with Crippen molar-refractivity contribution in [2.45, 2.75) is 20.3 Å². The predicted octanol–water partition coefficient (Wildman–Crippen LogP) is 6.51. The Morgan fingerprint density at radius 1 is 0.821 bits per heavy atom. The van der Waals surface area contributed by atoms with Gasteiger partial charge in [0.05, 0.1) is 11.3 Å². The zero-order valence-electron chi connectivity index (χ0n) is 26.7. The van der Waals surface area contributed by atoms with Gasteiger partial charge in [0.15, 0.2) is 5.58 Å². The fourth-order valence-electron chi connectivity index (χ4n) is 5.27. The van der Waals surface area contributed by atoms with E-state index in [1.807, 2.05) is 12.6 Å². The summed E-state index contributed by atoms with van der Waals surface area (Å²) in [6, 6.07) is 24.6. The van der Waals surface area contributed by atoms with Gasteiger partial charge in [-0.25, -0.2) is 8.78 Å². The Balaban J connectivity index is 1.63. The van der Waals surface area contributed by atoms with Crippen LogP contribution in [0.3, 0.4) is 0 Å². The molecule has 3 nitrogen and oxygen atoms in total. The van der Waals surface area contributed by atoms with Gasteiger partial charge in [-0.15, -0.1) is 0 Å². The number of rotatable bonds is 4. The van der Waals surface area contributed by atoms with Gasteiger partial charge in [-0.05, 0) is 76.8 Å². The van der Waals surface area contributed by atoms with E-state index >= 15 is 0 Å². The molecule has 4 aromatic carbocycles. The molecule has 0 fully saturated rings. The number of pyridine rings is 1. The van der Waals surface area contributed by atoms with Gasteiger partial charge < -0.3 is 4.42 Å². The van der Waals surface area contributed by atoms with Crippen molar-refractivity contribution in [3.8, 4) is 17.3 Å². The van der Waals surface area contributed by atoms with Gasteiger partial charge in [-0.2, -0.15) is 5.26 Å². The SMILES string of the molecule is [2H]C([2H])([2H])c1cnc(-c2cccc3c2oc2c(C#N)c([Si](C)(c4cccc(F)c4)c4cccc(F)c4)ccc23)cc1C([2H])([2H])[2H]. The Hall–Kier alpha value is -4.60. The first-order valence-corrected chi connectivity index (χ1v) is 14.7. The molecule has 0 bridgehead atoms. The summed E-state index contributed by atoms with van der Waals surface area (Å²) in [6.45, 7) is -3.47. The van der Waals surface area contributed by atoms with Crippen molar-refractivity contribution < 1.29 is 21.4 Å². The van der Waals surface area contributed by atoms with Gasteiger partial charge in [-0.1, -0.05) is 55.1 Å². The van der Waals surface area contributed by atoms with Crippen molar-refractivity contribution in [1.82, 2.24) is 4.98 Å². The highest BCUT2D eigenvalue weighted by Gasteiger charge is 2.38. The first-order valence-electron chi connectivity index (χ1n) is 15.2. The molecule has 0 spiro atoms. The van der Waals surface area contributed by atoms with Crippen LogP contribution in [0.2, 0.25) is 6.55 Å². The van der Waals surface area contributed by atoms with Crippen molar-refractivity contribution >= 4 is 45.6 Å². The van der Waals surface area contributed by atoms with Crippen LogP contribution in [0.15, 0.2) is 95.5 Å². The molecular formula is C33H24F2N2OSi. The van der Waals surface area contributed by atoms with Gasteiger partial charge in [0.1, 0.15) is 31.4 Å². The average Bonchev–Trinajstić information content (AvgIpc) is 3.38. The van der Waals surface area contributed by atoms with Crippen molar-refractivity contribution in [1.29, 1.82) is 5.26 Å². The molecule has 0 aliphatic carbocycles. The Morgan fingerprint density at radius 3 is 2.13 bits per heavy atom. The Morgan fingerprint density at radius 2 is 1.49 bits per heavy atom. The lowest BCUT2D eigenvalue weighted by Crippen LogP contribution is -2.65. The van der Waals surface area contributed by atoms with Gasteiger partial charge in [0.25, 0.3) is 0 Å². The molecule has 39 heavy (non-hydrogen) atoms. The number of hydrogen-bond donors (Lipinski definition) is 0. The largest absolute Gasteiger partial charge is 0.454 e. The Labute approximate surface area is 234 Å². The Kier molecular flexibility index (Phi) is 4.44. The molecule has 2 heterocycles. The maximum Gasteiger partial charge on any atom is 0.153 e. The van der Waals surface area contributed by atoms with Gasteiger partial charge >= 0.3 is 0 Å². The number of hydrogen-bond acceptors (Lipinski definition) is 3. The van der Waals surface area contributed by atoms with E-state index in [4.69, 9.17) is 12.6 Å². The van der Waals surface area contributed by atoms with Crippen molar-refractivity contribution in [2.24, 2.45) is 0 Å². The molecule has 0 amide bonds. The molecule has 6 heteroatoms. The van der Waals surface area contributed by atoms with Crippen molar-refractivity contribution in [3.63, 3.8) is 0 Å². The summed E-state index contributed by atoms with van der Waals surface area (Å²) in [5.41, 5.74) is 0.700. The van der Waals surface area contributed by atoms with Crippen LogP contribution in [0.25, 0.3) is 33.2 Å². The average molecular weight is 537 g/mol. The van der Waals surface area contributed by atoms with Crippen molar-refractivity contribution in [3.05, 3.63) is 119 Å². The molecular weight excluding hydrogens is 506 g/mol. The highest BCUT2D eigenvalue weighted by atomic mass is 28.3. The van der Waals surface area contributed by atoms with Crippen LogP contribution in [0, 0.1) is 36.7 Å². The van der Waals surface area contributed by atoms with Crippen LogP contribution in [0.1, 0.15) is 24.9 Å². The zero-order chi connectivity index (χ0) is 32.3. The second kappa shape index (κ2) is 9.30. The summed E-state index contributed by atoms with van der Waals surface area (Å²) < 4.78 is 82.8. The number of nitriles is 1. The molecule has 6 rings (SSSR count). The lowest BCUT2D eigenvalue weighted by molar-refractivity contribution is 0.629. The summed E-state index contributed by atoms with van der Waals surface area (Å²) in [4.78, 5) is 4.31. The third-order valence-corrected chi connectivity index (χ3v) is 11.7. The van der Waals surface area contributed by atoms with E-state index in [-0.39, 0.29) is 28.0 Å². The minimum absolute atomic E-state index is 0.191. The van der Waals surface area contributed by atoms with E-state index in [0.717, 1.165) is 6.20 Å². The number of aromatic nitrogens is 1. The minimum Gasteiger partial charge on any atom is -0.454 e. The number of halogens is 2. The van der Waals surface area contributed by atoms with Gasteiger partial charge in [0.2, 0.25) is 0 Å². The smallest absolute Gasteiger partial charge is 0.153 e. The standard InChI is InChI=1S/C33H24F2N2OSi/c1-20-15-30(37-19-21(20)2)28-12-6-11-26-27-13-14-31(29(18-36)33(27)38-32(26)28)39(3,24-9-4-7-22(34)16-24)25-10-5-8-23(35)17-25/h4-17,19H,1-3H3/i1D3,2D3. The van der Waals surface area contributed by atoms with E-state index in [9.17, 15) is 14.0 Å². The molecule has 0 unspecified atom stereocenters. The van der Waals surface area contributed by atoms with E-state index in [1.165, 1.54) is 30.3 Å². The van der Waals surface area contributed by atoms with E-state index in [0.29, 0.717) is 37.5 Å². The summed E-state index contributed by atoms with van der Waals surface area (Å²) >= 11 is 0. The lowest BCUT2D eigenvalue weighted by Gasteiger charge is -2.30. The topological polar surface area (TPSA) is 49.8 Å². The monoisotopic (exact) mass is 536 g/mol. The van der Waals surface area contributed by atoms with Crippen LogP contribution in [0.5, 0.6) is 0 Å². The predicted molar refractivity (Wildman–Crippen MR) is 154 cm³/mol. The summed E-state index contributed by atoms with van der Waals surface area (Å²) in [6.07, 6.45) is 1.05. The van der Waals surface area contributed by atoms with E-state index in [1.54, 1.807) is 48.5 Å². The number of benzene rings is 4. The number of fused-ring (bicyclic) bond motifs is 3. The van der Waals surface area contributed by atoms with Crippen LogP contribution in [-0.4, -0.2) is 13.1 Å². The maximum atomic E-state index is 14.6. The first kappa shape index (κ1) is 18.6. The number of furan rings is 1. The molecule has 6 aromatic rings. The van der Waals surface area contributed by atoms with Crippen LogP contribution < -0.4 is 15.6 Å². The molecule has 2 aromatic heterocycles. The third-order valence-electron chi connectivity index (χ3n) is 7.30. The van der Waals surface area contributed by atoms with Crippen LogP contribution in [-0.2, 0) is 0 Å². The third kappa shape index (κ3) is 3.94. The molecule has 0 atom stereocenters. The quantitative estimate of drug-likeness (QED) is 0.191. The number of aryl methyl sites for hydroxylation is 2. The molecule has 0 aliphatic heterocycles. The number of para-hydroxylation sites is 1. The van der Waals surface area contributed by atoms with Gasteiger partial charge in [-0.3, -0.25) is 4.98 Å². The number of nitrogens with zero attached hydrogens (tertiary/aromatic N) is 2. The van der Waals surface area contributed by atoms with E-state index in [2.05, 4.69) is 11.1 Å². The van der Waals surface area contributed by atoms with Crippen LogP contribution in [0.4, 0.5) is 8.78 Å². The second-order valence-corrected chi connectivity index (χ2v) is 13.5. The minimum atomic E-state index is -3.19. The highest BCUT2D eigenvalue weighted by Crippen LogP contribution is 2.36.